The van der Waals surface area contributed by atoms with Crippen LogP contribution in [0.15, 0.2) is 47.9 Å². The highest BCUT2D eigenvalue weighted by Crippen LogP contribution is 2.32. The van der Waals surface area contributed by atoms with Crippen LogP contribution in [0.1, 0.15) is 29.1 Å². The normalized spacial score (nSPS) is 13.1. The van der Waals surface area contributed by atoms with Crippen LogP contribution in [0.5, 0.6) is 0 Å². The van der Waals surface area contributed by atoms with Gasteiger partial charge in [0.2, 0.25) is 0 Å². The summed E-state index contributed by atoms with van der Waals surface area (Å²) in [5.41, 5.74) is -5.91. The highest BCUT2D eigenvalue weighted by Gasteiger charge is 2.47. The zero-order valence-electron chi connectivity index (χ0n) is 15.0. The summed E-state index contributed by atoms with van der Waals surface area (Å²) in [5.74, 6) is -0.445. The van der Waals surface area contributed by atoms with Crippen molar-refractivity contribution in [2.75, 3.05) is 0 Å². The van der Waals surface area contributed by atoms with Gasteiger partial charge in [-0.2, -0.15) is 23.0 Å². The molecule has 0 radical (unpaired) electrons. The van der Waals surface area contributed by atoms with Crippen molar-refractivity contribution in [3.63, 3.8) is 0 Å². The second-order valence-electron chi connectivity index (χ2n) is 5.90. The fraction of sp³-hybridized carbons (Fsp3) is 0.188. The molecular weight excluding hydrogens is 449 g/mol. The van der Waals surface area contributed by atoms with E-state index in [9.17, 15) is 26.4 Å². The van der Waals surface area contributed by atoms with Crippen molar-refractivity contribution in [2.24, 2.45) is 0 Å². The number of aromatic nitrogens is 5. The number of carbonyl (C=O) groups excluding carboxylic acids is 1. The third kappa shape index (κ3) is 4.26. The highest BCUT2D eigenvalue weighted by molar-refractivity contribution is 7.92. The molecule has 30 heavy (non-hydrogen) atoms. The smallest absolute Gasteiger partial charge is 0.342 e. The molecule has 14 heteroatoms. The summed E-state index contributed by atoms with van der Waals surface area (Å²) in [6.07, 6.45) is 4.17. The fourth-order valence-electron chi connectivity index (χ4n) is 2.43. The molecule has 9 nitrogen and oxygen atoms in total. The molecule has 0 bridgehead atoms. The quantitative estimate of drug-likeness (QED) is 0.621. The van der Waals surface area contributed by atoms with Crippen molar-refractivity contribution in [1.82, 2.24) is 30.0 Å². The van der Waals surface area contributed by atoms with Gasteiger partial charge in [0.15, 0.2) is 5.82 Å². The molecule has 0 saturated heterocycles. The van der Waals surface area contributed by atoms with E-state index < -0.39 is 32.2 Å². The van der Waals surface area contributed by atoms with Crippen molar-refractivity contribution < 1.29 is 26.4 Å². The molecule has 1 aromatic carbocycles. The molecule has 1 N–H and O–H groups in total. The highest BCUT2D eigenvalue weighted by atomic mass is 35.5. The zero-order valence-corrected chi connectivity index (χ0v) is 16.6. The Morgan fingerprint density at radius 1 is 1.17 bits per heavy atom. The topological polar surface area (TPSA) is 120 Å². The molecule has 1 amide bonds. The molecule has 0 aliphatic carbocycles. The minimum absolute atomic E-state index is 0.187. The molecule has 3 rings (SSSR count). The number of benzene rings is 1. The van der Waals surface area contributed by atoms with Crippen LogP contribution in [0.2, 0.25) is 5.02 Å². The maximum absolute atomic E-state index is 12.8. The maximum atomic E-state index is 12.8. The number of alkyl halides is 3. The second-order valence-corrected chi connectivity index (χ2v) is 8.28. The predicted octanol–water partition coefficient (Wildman–Crippen LogP) is 2.50. The van der Waals surface area contributed by atoms with E-state index in [0.29, 0.717) is 12.1 Å². The van der Waals surface area contributed by atoms with Gasteiger partial charge < -0.3 is 5.32 Å². The summed E-state index contributed by atoms with van der Waals surface area (Å²) in [4.78, 5) is 23.5. The molecule has 3 aromatic rings. The monoisotopic (exact) mass is 460 g/mol. The lowest BCUT2D eigenvalue weighted by atomic mass is 10.2. The molecule has 0 aliphatic heterocycles. The molecule has 0 fully saturated rings. The van der Waals surface area contributed by atoms with E-state index in [0.717, 1.165) is 6.07 Å². The van der Waals surface area contributed by atoms with Crippen LogP contribution in [0, 0.1) is 0 Å². The summed E-state index contributed by atoms with van der Waals surface area (Å²) in [5, 5.41) is 6.13. The number of sulfone groups is 1. The number of hydrogen-bond acceptors (Lipinski definition) is 7. The molecule has 0 aliphatic rings. The summed E-state index contributed by atoms with van der Waals surface area (Å²) in [6.45, 7) is 1.54. The van der Waals surface area contributed by atoms with E-state index in [2.05, 4.69) is 25.4 Å². The van der Waals surface area contributed by atoms with E-state index in [-0.39, 0.29) is 22.4 Å². The van der Waals surface area contributed by atoms with E-state index in [1.165, 1.54) is 23.4 Å². The first-order chi connectivity index (χ1) is 14.0. The van der Waals surface area contributed by atoms with Crippen LogP contribution in [0.4, 0.5) is 13.2 Å². The zero-order chi connectivity index (χ0) is 22.1. The SMILES string of the molecule is CC(NC(=O)c1cc(Cl)cc(S(=O)(=O)C(F)(F)F)c1)c1ncnn1-c1ncccn1. The first-order valence-corrected chi connectivity index (χ1v) is 9.97. The molecular formula is C16H12ClF3N6O3S. The van der Waals surface area contributed by atoms with Crippen molar-refractivity contribution >= 4 is 27.3 Å². The average Bonchev–Trinajstić information content (AvgIpc) is 3.17. The number of carbonyl (C=O) groups is 1. The molecule has 0 saturated carbocycles. The third-order valence-electron chi connectivity index (χ3n) is 3.80. The van der Waals surface area contributed by atoms with Crippen molar-refractivity contribution in [2.45, 2.75) is 23.4 Å². The number of rotatable bonds is 5. The number of nitrogens with zero attached hydrogens (tertiary/aromatic N) is 5. The number of nitrogens with one attached hydrogen (secondary N) is 1. The van der Waals surface area contributed by atoms with Gasteiger partial charge in [0.25, 0.3) is 21.7 Å². The van der Waals surface area contributed by atoms with Crippen molar-refractivity contribution in [3.8, 4) is 5.95 Å². The largest absolute Gasteiger partial charge is 0.501 e. The molecule has 1 unspecified atom stereocenters. The molecule has 0 spiro atoms. The summed E-state index contributed by atoms with van der Waals surface area (Å²) in [7, 11) is -5.68. The second kappa shape index (κ2) is 7.99. The van der Waals surface area contributed by atoms with Gasteiger partial charge in [-0.1, -0.05) is 11.6 Å². The Labute approximate surface area is 172 Å². The fourth-order valence-corrected chi connectivity index (χ4v) is 3.56. The number of halogens is 4. The lowest BCUT2D eigenvalue weighted by molar-refractivity contribution is -0.0436. The van der Waals surface area contributed by atoms with Crippen LogP contribution in [-0.4, -0.2) is 44.6 Å². The van der Waals surface area contributed by atoms with E-state index >= 15 is 0 Å². The molecule has 158 valence electrons. The van der Waals surface area contributed by atoms with Crippen LogP contribution in [-0.2, 0) is 9.84 Å². The van der Waals surface area contributed by atoms with Crippen molar-refractivity contribution in [1.29, 1.82) is 0 Å². The minimum atomic E-state index is -5.68. The van der Waals surface area contributed by atoms with Crippen LogP contribution in [0.3, 0.4) is 0 Å². The van der Waals surface area contributed by atoms with Crippen molar-refractivity contribution in [3.05, 3.63) is 59.4 Å². The van der Waals surface area contributed by atoms with Crippen LogP contribution < -0.4 is 5.32 Å². The van der Waals surface area contributed by atoms with Gasteiger partial charge in [-0.3, -0.25) is 4.79 Å². The van der Waals surface area contributed by atoms with Gasteiger partial charge in [-0.05, 0) is 31.2 Å². The lowest BCUT2D eigenvalue weighted by Gasteiger charge is -2.15. The van der Waals surface area contributed by atoms with E-state index in [1.807, 2.05) is 0 Å². The first kappa shape index (κ1) is 21.6. The average molecular weight is 461 g/mol. The Kier molecular flexibility index (Phi) is 5.76. The summed E-state index contributed by atoms with van der Waals surface area (Å²) in [6, 6.07) is 3.07. The third-order valence-corrected chi connectivity index (χ3v) is 5.48. The predicted molar refractivity (Wildman–Crippen MR) is 97.5 cm³/mol. The van der Waals surface area contributed by atoms with E-state index in [4.69, 9.17) is 11.6 Å². The van der Waals surface area contributed by atoms with Gasteiger partial charge >= 0.3 is 5.51 Å². The van der Waals surface area contributed by atoms with Gasteiger partial charge in [0.1, 0.15) is 6.33 Å². The molecule has 2 heterocycles. The summed E-state index contributed by atoms with van der Waals surface area (Å²) >= 11 is 5.74. The maximum Gasteiger partial charge on any atom is 0.501 e. The summed E-state index contributed by atoms with van der Waals surface area (Å²) < 4.78 is 63.0. The van der Waals surface area contributed by atoms with Gasteiger partial charge in [0, 0.05) is 23.0 Å². The number of hydrogen-bond donors (Lipinski definition) is 1. The Morgan fingerprint density at radius 3 is 2.47 bits per heavy atom. The van der Waals surface area contributed by atoms with Gasteiger partial charge in [-0.15, -0.1) is 0 Å². The Bertz CT molecular complexity index is 1180. The minimum Gasteiger partial charge on any atom is -0.342 e. The van der Waals surface area contributed by atoms with Crippen LogP contribution >= 0.6 is 11.6 Å². The van der Waals surface area contributed by atoms with E-state index in [1.54, 1.807) is 13.0 Å². The Balaban J connectivity index is 1.88. The van der Waals surface area contributed by atoms with Crippen LogP contribution in [0.25, 0.3) is 5.95 Å². The Hall–Kier alpha value is -3.06. The standard InChI is InChI=1S/C16H12ClF3N6O3S/c1-9(13-23-8-24-26(13)15-21-3-2-4-22-15)25-14(27)10-5-11(17)7-12(6-10)30(28,29)16(18,19)20/h2-9H,1H3,(H,25,27). The molecule has 1 atom stereocenters. The lowest BCUT2D eigenvalue weighted by Crippen LogP contribution is -2.29. The number of amides is 1. The van der Waals surface area contributed by atoms with Gasteiger partial charge in [-0.25, -0.2) is 23.4 Å². The van der Waals surface area contributed by atoms with Gasteiger partial charge in [0.05, 0.1) is 10.9 Å². The first-order valence-electron chi connectivity index (χ1n) is 8.11. The Morgan fingerprint density at radius 2 is 1.83 bits per heavy atom. The molecule has 2 aromatic heterocycles.